The summed E-state index contributed by atoms with van der Waals surface area (Å²) in [5.41, 5.74) is 0. The normalized spacial score (nSPS) is 12.8. The van der Waals surface area contributed by atoms with Crippen molar-refractivity contribution in [2.45, 2.75) is 271 Å². The van der Waals surface area contributed by atoms with Gasteiger partial charge in [-0.25, -0.2) is 0 Å². The van der Waals surface area contributed by atoms with E-state index in [9.17, 15) is 14.4 Å². The van der Waals surface area contributed by atoms with Crippen LogP contribution in [-0.4, -0.2) is 37.2 Å². The van der Waals surface area contributed by atoms with Crippen molar-refractivity contribution in [2.75, 3.05) is 13.2 Å². The lowest BCUT2D eigenvalue weighted by atomic mass is 10.1. The number of carbonyl (C=O) groups excluding carboxylic acids is 3. The molecule has 0 spiro atoms. The van der Waals surface area contributed by atoms with Gasteiger partial charge in [-0.2, -0.15) is 0 Å². The van der Waals surface area contributed by atoms with Crippen molar-refractivity contribution in [3.05, 3.63) is 97.2 Å². The maximum atomic E-state index is 12.9. The van der Waals surface area contributed by atoms with E-state index in [1.165, 1.54) is 116 Å². The highest BCUT2D eigenvalue weighted by atomic mass is 16.6. The topological polar surface area (TPSA) is 78.9 Å². The predicted octanol–water partition coefficient (Wildman–Crippen LogP) is 19.3. The lowest BCUT2D eigenvalue weighted by Gasteiger charge is -2.18. The Morgan fingerprint density at radius 2 is 0.580 bits per heavy atom. The smallest absolute Gasteiger partial charge is 0.306 e. The third-order valence-corrected chi connectivity index (χ3v) is 12.2. The standard InChI is InChI=1S/C63H106O6/c1-4-7-10-13-16-19-22-25-28-30-32-35-38-41-44-47-50-53-56-62(65)68-59-60(58-67-61(64)55-52-49-46-43-40-37-34-27-24-21-18-15-12-9-6-3)69-63(66)57-54-51-48-45-42-39-36-33-31-29-26-23-20-17-14-11-8-5-2/h9,12,15-16,18-19,21-22,24-25,28,30,32-33,35-36,60H,4-8,10-11,13-14,17,20,23,26-27,29,31,34,37-59H2,1-3H3/b12-9-,18-15-,19-16-,24-21-,25-22-,30-28-,35-32-,36-33-. The molecule has 0 fully saturated rings. The van der Waals surface area contributed by atoms with E-state index >= 15 is 0 Å². The van der Waals surface area contributed by atoms with Crippen LogP contribution in [0.15, 0.2) is 97.2 Å². The summed E-state index contributed by atoms with van der Waals surface area (Å²) in [5, 5.41) is 0. The number of esters is 3. The van der Waals surface area contributed by atoms with Crippen molar-refractivity contribution in [3.8, 4) is 0 Å². The SMILES string of the molecule is CC\C=C/C=C\C=C/CCCCCCCCCC(=O)OCC(COC(=O)CCCCCCC\C=C/C=C\C=C/C=C\CCCCC)OC(=O)CCCCCCC/C=C\CCCCCCCCCCC. The molecule has 0 saturated carbocycles. The Hall–Kier alpha value is -3.67. The molecule has 0 saturated heterocycles. The third kappa shape index (κ3) is 55.1. The van der Waals surface area contributed by atoms with Gasteiger partial charge in [0.05, 0.1) is 0 Å². The average Bonchev–Trinajstić information content (AvgIpc) is 3.35. The Bertz CT molecular complexity index is 1380. The van der Waals surface area contributed by atoms with Crippen LogP contribution in [0.4, 0.5) is 0 Å². The number of hydrogen-bond acceptors (Lipinski definition) is 6. The second-order valence-electron chi connectivity index (χ2n) is 19.0. The molecule has 1 unspecified atom stereocenters. The fourth-order valence-electron chi connectivity index (χ4n) is 7.86. The summed E-state index contributed by atoms with van der Waals surface area (Å²) in [7, 11) is 0. The van der Waals surface area contributed by atoms with Crippen molar-refractivity contribution in [1.82, 2.24) is 0 Å². The van der Waals surface area contributed by atoms with Crippen LogP contribution in [0.2, 0.25) is 0 Å². The minimum atomic E-state index is -0.799. The number of allylic oxidation sites excluding steroid dienone is 16. The van der Waals surface area contributed by atoms with E-state index in [4.69, 9.17) is 14.2 Å². The fourth-order valence-corrected chi connectivity index (χ4v) is 7.86. The van der Waals surface area contributed by atoms with Gasteiger partial charge in [0.15, 0.2) is 6.10 Å². The molecule has 0 aromatic heterocycles. The van der Waals surface area contributed by atoms with E-state index in [0.717, 1.165) is 109 Å². The Kier molecular flexibility index (Phi) is 53.9. The van der Waals surface area contributed by atoms with E-state index < -0.39 is 6.10 Å². The van der Waals surface area contributed by atoms with Gasteiger partial charge in [0.25, 0.3) is 0 Å². The second-order valence-corrected chi connectivity index (χ2v) is 19.0. The highest BCUT2D eigenvalue weighted by Gasteiger charge is 2.19. The molecule has 69 heavy (non-hydrogen) atoms. The molecule has 0 N–H and O–H groups in total. The van der Waals surface area contributed by atoms with Crippen LogP contribution in [0, 0.1) is 0 Å². The molecule has 0 bridgehead atoms. The van der Waals surface area contributed by atoms with Crippen molar-refractivity contribution in [1.29, 1.82) is 0 Å². The van der Waals surface area contributed by atoms with Gasteiger partial charge in [0, 0.05) is 19.3 Å². The van der Waals surface area contributed by atoms with Crippen LogP contribution in [0.5, 0.6) is 0 Å². The first-order valence-electron chi connectivity index (χ1n) is 28.8. The van der Waals surface area contributed by atoms with Crippen molar-refractivity contribution < 1.29 is 28.6 Å². The molecule has 6 nitrogen and oxygen atoms in total. The Morgan fingerprint density at radius 3 is 0.957 bits per heavy atom. The van der Waals surface area contributed by atoms with E-state index in [-0.39, 0.29) is 31.1 Å². The highest BCUT2D eigenvalue weighted by Crippen LogP contribution is 2.15. The van der Waals surface area contributed by atoms with E-state index in [1.54, 1.807) is 0 Å². The molecule has 0 aromatic carbocycles. The van der Waals surface area contributed by atoms with Gasteiger partial charge in [0.1, 0.15) is 13.2 Å². The van der Waals surface area contributed by atoms with E-state index in [0.29, 0.717) is 19.3 Å². The molecule has 394 valence electrons. The largest absolute Gasteiger partial charge is 0.462 e. The van der Waals surface area contributed by atoms with Gasteiger partial charge >= 0.3 is 17.9 Å². The molecule has 0 heterocycles. The maximum Gasteiger partial charge on any atom is 0.306 e. The minimum Gasteiger partial charge on any atom is -0.462 e. The first-order valence-corrected chi connectivity index (χ1v) is 28.8. The van der Waals surface area contributed by atoms with Crippen LogP contribution < -0.4 is 0 Å². The second kappa shape index (κ2) is 56.9. The summed E-state index contributed by atoms with van der Waals surface area (Å²) < 4.78 is 16.8. The van der Waals surface area contributed by atoms with Gasteiger partial charge in [0.2, 0.25) is 0 Å². The monoisotopic (exact) mass is 959 g/mol. The molecule has 0 aliphatic carbocycles. The number of hydrogen-bond donors (Lipinski definition) is 0. The summed E-state index contributed by atoms with van der Waals surface area (Å²) in [6.45, 7) is 6.45. The molecule has 0 aromatic rings. The third-order valence-electron chi connectivity index (χ3n) is 12.2. The summed E-state index contributed by atoms with van der Waals surface area (Å²) in [5.74, 6) is -0.935. The number of rotatable bonds is 51. The number of carbonyl (C=O) groups is 3. The quantitative estimate of drug-likeness (QED) is 0.0199. The van der Waals surface area contributed by atoms with Crippen LogP contribution in [0.1, 0.15) is 265 Å². The van der Waals surface area contributed by atoms with Crippen LogP contribution in [0.25, 0.3) is 0 Å². The van der Waals surface area contributed by atoms with Gasteiger partial charge in [-0.05, 0) is 89.9 Å². The van der Waals surface area contributed by atoms with Crippen molar-refractivity contribution in [2.24, 2.45) is 0 Å². The molecule has 0 aliphatic rings. The average molecular weight is 960 g/mol. The molecule has 0 aliphatic heterocycles. The first-order chi connectivity index (χ1) is 34.0. The number of unbranched alkanes of at least 4 members (excludes halogenated alkanes) is 29. The Morgan fingerprint density at radius 1 is 0.304 bits per heavy atom. The molecule has 0 rings (SSSR count). The van der Waals surface area contributed by atoms with E-state index in [2.05, 4.69) is 118 Å². The Balaban J connectivity index is 4.47. The molecular weight excluding hydrogens is 853 g/mol. The summed E-state index contributed by atoms with van der Waals surface area (Å²) >= 11 is 0. The minimum absolute atomic E-state index is 0.0956. The van der Waals surface area contributed by atoms with Gasteiger partial charge in [-0.3, -0.25) is 14.4 Å². The molecule has 6 heteroatoms. The van der Waals surface area contributed by atoms with Crippen LogP contribution in [-0.2, 0) is 28.6 Å². The lowest BCUT2D eigenvalue weighted by Crippen LogP contribution is -2.30. The van der Waals surface area contributed by atoms with Crippen LogP contribution in [0.3, 0.4) is 0 Å². The molecule has 0 amide bonds. The molecule has 0 radical (unpaired) electrons. The highest BCUT2D eigenvalue weighted by molar-refractivity contribution is 5.71. The maximum absolute atomic E-state index is 12.9. The van der Waals surface area contributed by atoms with Gasteiger partial charge < -0.3 is 14.2 Å². The van der Waals surface area contributed by atoms with Crippen molar-refractivity contribution >= 4 is 17.9 Å². The zero-order chi connectivity index (χ0) is 50.0. The van der Waals surface area contributed by atoms with Crippen LogP contribution >= 0.6 is 0 Å². The summed E-state index contributed by atoms with van der Waals surface area (Å²) in [6, 6.07) is 0. The first kappa shape index (κ1) is 65.3. The number of ether oxygens (including phenoxy) is 3. The fraction of sp³-hybridized carbons (Fsp3) is 0.698. The lowest BCUT2D eigenvalue weighted by molar-refractivity contribution is -0.167. The zero-order valence-corrected chi connectivity index (χ0v) is 45.0. The van der Waals surface area contributed by atoms with Crippen molar-refractivity contribution in [3.63, 3.8) is 0 Å². The summed E-state index contributed by atoms with van der Waals surface area (Å²) in [6.07, 6.45) is 75.3. The zero-order valence-electron chi connectivity index (χ0n) is 45.0. The van der Waals surface area contributed by atoms with Gasteiger partial charge in [-0.1, -0.05) is 253 Å². The van der Waals surface area contributed by atoms with Gasteiger partial charge in [-0.15, -0.1) is 0 Å². The molecular formula is C63H106O6. The summed E-state index contributed by atoms with van der Waals surface area (Å²) in [4.78, 5) is 38.2. The predicted molar refractivity (Wildman–Crippen MR) is 297 cm³/mol. The molecule has 1 atom stereocenters. The Labute approximate surface area is 426 Å². The van der Waals surface area contributed by atoms with E-state index in [1.807, 2.05) is 0 Å².